The van der Waals surface area contributed by atoms with Gasteiger partial charge in [0.25, 0.3) is 0 Å². The number of hydrogen-bond donors (Lipinski definition) is 1. The summed E-state index contributed by atoms with van der Waals surface area (Å²) in [6.07, 6.45) is 6.34. The lowest BCUT2D eigenvalue weighted by Gasteiger charge is -2.39. The van der Waals surface area contributed by atoms with E-state index in [2.05, 4.69) is 17.5 Å². The lowest BCUT2D eigenvalue weighted by atomic mass is 9.69. The Hall–Kier alpha value is -3.19. The molecule has 0 saturated heterocycles. The van der Waals surface area contributed by atoms with Gasteiger partial charge in [0.2, 0.25) is 0 Å². The third-order valence-corrected chi connectivity index (χ3v) is 8.07. The normalized spacial score (nSPS) is 24.5. The molecular weight excluding hydrogens is 462 g/mol. The first-order valence-electron chi connectivity index (χ1n) is 12.2. The molecule has 2 heterocycles. The second-order valence-corrected chi connectivity index (χ2v) is 10.5. The van der Waals surface area contributed by atoms with Crippen LogP contribution in [0.1, 0.15) is 68.2 Å². The Labute approximate surface area is 209 Å². The fourth-order valence-electron chi connectivity index (χ4n) is 5.52. The van der Waals surface area contributed by atoms with Crippen molar-refractivity contribution >= 4 is 29.1 Å². The van der Waals surface area contributed by atoms with E-state index >= 15 is 0 Å². The Bertz CT molecular complexity index is 1190. The molecule has 35 heavy (non-hydrogen) atoms. The predicted molar refractivity (Wildman–Crippen MR) is 133 cm³/mol. The highest BCUT2D eigenvalue weighted by Crippen LogP contribution is 2.47. The zero-order chi connectivity index (χ0) is 24.5. The fourth-order valence-corrected chi connectivity index (χ4v) is 6.32. The molecule has 0 radical (unpaired) electrons. The van der Waals surface area contributed by atoms with Gasteiger partial charge in [-0.2, -0.15) is 0 Å². The summed E-state index contributed by atoms with van der Waals surface area (Å²) in [5.41, 5.74) is 2.87. The molecule has 1 aliphatic heterocycles. The average Bonchev–Trinajstić information content (AvgIpc) is 3.53. The van der Waals surface area contributed by atoms with Crippen LogP contribution < -0.4 is 10.1 Å². The van der Waals surface area contributed by atoms with Gasteiger partial charge in [-0.3, -0.25) is 9.59 Å². The summed E-state index contributed by atoms with van der Waals surface area (Å²) in [6, 6.07) is 11.1. The zero-order valence-corrected chi connectivity index (χ0v) is 20.7. The molecule has 1 aromatic carbocycles. The number of carbonyl (C=O) groups excluding carboxylic acids is 3. The molecule has 1 aromatic heterocycles. The largest absolute Gasteiger partial charge is 0.459 e. The summed E-state index contributed by atoms with van der Waals surface area (Å²) in [5.74, 6) is -1.18. The predicted octanol–water partition coefficient (Wildman–Crippen LogP) is 5.38. The molecular formula is C28H29NO5S. The van der Waals surface area contributed by atoms with Crippen molar-refractivity contribution in [1.29, 1.82) is 0 Å². The Kier molecular flexibility index (Phi) is 6.60. The lowest BCUT2D eigenvalue weighted by molar-refractivity contribution is -0.144. The first-order valence-corrected chi connectivity index (χ1v) is 13.0. The number of ketones is 1. The highest BCUT2D eigenvalue weighted by Gasteiger charge is 2.45. The first kappa shape index (κ1) is 23.5. The number of nitrogens with one attached hydrogen (secondary N) is 1. The SMILES string of the molecule is CC(=O)Oc1ccc(C2C(C(=O)OC3CCCC3)=C(C)NC3=CC(c4cccs4)CC(=O)C32)cc1. The van der Waals surface area contributed by atoms with Crippen LogP contribution in [0.25, 0.3) is 0 Å². The topological polar surface area (TPSA) is 81.7 Å². The molecule has 2 aromatic rings. The van der Waals surface area contributed by atoms with Crippen LogP contribution in [0.4, 0.5) is 0 Å². The Balaban J connectivity index is 1.55. The van der Waals surface area contributed by atoms with Crippen molar-refractivity contribution < 1.29 is 23.9 Å². The van der Waals surface area contributed by atoms with E-state index in [1.807, 2.05) is 30.5 Å². The highest BCUT2D eigenvalue weighted by atomic mass is 32.1. The molecule has 182 valence electrons. The summed E-state index contributed by atoms with van der Waals surface area (Å²) in [7, 11) is 0. The van der Waals surface area contributed by atoms with Gasteiger partial charge in [-0.05, 0) is 61.7 Å². The molecule has 3 aliphatic rings. The number of ether oxygens (including phenoxy) is 2. The van der Waals surface area contributed by atoms with Crippen LogP contribution in [0.3, 0.4) is 0 Å². The third-order valence-electron chi connectivity index (χ3n) is 7.07. The van der Waals surface area contributed by atoms with Crippen molar-refractivity contribution in [3.05, 3.63) is 75.3 Å². The van der Waals surface area contributed by atoms with Crippen molar-refractivity contribution in [3.63, 3.8) is 0 Å². The molecule has 3 unspecified atom stereocenters. The summed E-state index contributed by atoms with van der Waals surface area (Å²) >= 11 is 1.65. The number of Topliss-reactive ketones (excluding diaryl/α,β-unsaturated/α-hetero) is 1. The number of hydrogen-bond acceptors (Lipinski definition) is 7. The molecule has 0 amide bonds. The van der Waals surface area contributed by atoms with Crippen LogP contribution in [0, 0.1) is 5.92 Å². The van der Waals surface area contributed by atoms with Gasteiger partial charge in [-0.25, -0.2) is 4.79 Å². The number of esters is 2. The van der Waals surface area contributed by atoms with Gasteiger partial charge in [0.05, 0.1) is 11.5 Å². The maximum Gasteiger partial charge on any atom is 0.336 e. The van der Waals surface area contributed by atoms with Crippen molar-refractivity contribution in [2.75, 3.05) is 0 Å². The lowest BCUT2D eigenvalue weighted by Crippen LogP contribution is -2.42. The average molecular weight is 492 g/mol. The maximum absolute atomic E-state index is 13.6. The number of thiophene rings is 1. The molecule has 6 nitrogen and oxygen atoms in total. The molecule has 0 bridgehead atoms. The minimum Gasteiger partial charge on any atom is -0.459 e. The van der Waals surface area contributed by atoms with E-state index in [4.69, 9.17) is 9.47 Å². The Morgan fingerprint density at radius 2 is 1.80 bits per heavy atom. The van der Waals surface area contributed by atoms with E-state index in [-0.39, 0.29) is 23.8 Å². The molecule has 3 atom stereocenters. The minimum absolute atomic E-state index is 0.0213. The van der Waals surface area contributed by atoms with Crippen molar-refractivity contribution in [2.24, 2.45) is 5.92 Å². The number of carbonyl (C=O) groups is 3. The van der Waals surface area contributed by atoms with Gasteiger partial charge in [0, 0.05) is 41.5 Å². The van der Waals surface area contributed by atoms with Crippen LogP contribution in [0.2, 0.25) is 0 Å². The van der Waals surface area contributed by atoms with Crippen LogP contribution >= 0.6 is 11.3 Å². The second-order valence-electron chi connectivity index (χ2n) is 9.51. The van der Waals surface area contributed by atoms with Crippen molar-refractivity contribution in [1.82, 2.24) is 5.32 Å². The molecule has 2 aliphatic carbocycles. The van der Waals surface area contributed by atoms with Crippen molar-refractivity contribution in [3.8, 4) is 5.75 Å². The molecule has 5 rings (SSSR count). The van der Waals surface area contributed by atoms with Gasteiger partial charge in [-0.1, -0.05) is 24.3 Å². The monoisotopic (exact) mass is 491 g/mol. The summed E-state index contributed by atoms with van der Waals surface area (Å²) in [4.78, 5) is 39.6. The standard InChI is InChI=1S/C28H29NO5S/c1-16-25(28(32)34-20-6-3-4-7-20)26(18-9-11-21(12-10-18)33-17(2)30)27-22(29-16)14-19(15-23(27)31)24-8-5-13-35-24/h5,8-14,19-20,26-27,29H,3-4,6-7,15H2,1-2H3. The number of benzene rings is 1. The molecule has 7 heteroatoms. The molecule has 1 fully saturated rings. The van der Waals surface area contributed by atoms with Gasteiger partial charge < -0.3 is 14.8 Å². The van der Waals surface area contributed by atoms with Crippen LogP contribution in [-0.2, 0) is 19.1 Å². The zero-order valence-electron chi connectivity index (χ0n) is 19.9. The molecule has 1 saturated carbocycles. The van der Waals surface area contributed by atoms with E-state index in [0.717, 1.165) is 41.8 Å². The minimum atomic E-state index is -0.499. The third kappa shape index (κ3) is 4.82. The van der Waals surface area contributed by atoms with Crippen LogP contribution in [-0.4, -0.2) is 23.8 Å². The van der Waals surface area contributed by atoms with E-state index in [1.165, 1.54) is 6.92 Å². The van der Waals surface area contributed by atoms with Gasteiger partial charge >= 0.3 is 11.9 Å². The van der Waals surface area contributed by atoms with E-state index < -0.39 is 17.8 Å². The number of fused-ring (bicyclic) bond motifs is 1. The van der Waals surface area contributed by atoms with E-state index in [1.54, 1.807) is 23.5 Å². The first-order chi connectivity index (χ1) is 16.9. The van der Waals surface area contributed by atoms with Gasteiger partial charge in [-0.15, -0.1) is 11.3 Å². The van der Waals surface area contributed by atoms with Gasteiger partial charge in [0.1, 0.15) is 17.6 Å². The summed E-state index contributed by atoms with van der Waals surface area (Å²) < 4.78 is 11.1. The highest BCUT2D eigenvalue weighted by molar-refractivity contribution is 7.10. The van der Waals surface area contributed by atoms with Crippen LogP contribution in [0.5, 0.6) is 5.75 Å². The smallest absolute Gasteiger partial charge is 0.336 e. The molecule has 1 N–H and O–H groups in total. The second kappa shape index (κ2) is 9.82. The van der Waals surface area contributed by atoms with Crippen molar-refractivity contribution in [2.45, 2.75) is 63.9 Å². The Morgan fingerprint density at radius 3 is 2.46 bits per heavy atom. The maximum atomic E-state index is 13.6. The summed E-state index contributed by atoms with van der Waals surface area (Å²) in [5, 5.41) is 5.41. The Morgan fingerprint density at radius 1 is 1.06 bits per heavy atom. The quantitative estimate of drug-likeness (QED) is 0.447. The summed E-state index contributed by atoms with van der Waals surface area (Å²) in [6.45, 7) is 3.23. The van der Waals surface area contributed by atoms with Gasteiger partial charge in [0.15, 0.2) is 0 Å². The van der Waals surface area contributed by atoms with Crippen LogP contribution in [0.15, 0.2) is 64.8 Å². The number of rotatable bonds is 5. The van der Waals surface area contributed by atoms with E-state index in [0.29, 0.717) is 23.4 Å². The van der Waals surface area contributed by atoms with E-state index in [9.17, 15) is 14.4 Å². The number of allylic oxidation sites excluding steroid dienone is 3. The molecule has 0 spiro atoms. The fraction of sp³-hybridized carbons (Fsp3) is 0.393.